The van der Waals surface area contributed by atoms with Crippen molar-refractivity contribution in [3.8, 4) is 0 Å². The average Bonchev–Trinajstić information content (AvgIpc) is 2.77. The number of carbonyl (C=O) groups is 2. The Labute approximate surface area is 196 Å². The summed E-state index contributed by atoms with van der Waals surface area (Å²) in [6.45, 7) is 1.79. The maximum atomic E-state index is 12.4. The molecule has 0 unspecified atom stereocenters. The molecule has 0 aliphatic heterocycles. The minimum atomic E-state index is -0.336. The van der Waals surface area contributed by atoms with Gasteiger partial charge in [0.25, 0.3) is 11.8 Å². The van der Waals surface area contributed by atoms with Crippen molar-refractivity contribution in [2.45, 2.75) is 6.92 Å². The summed E-state index contributed by atoms with van der Waals surface area (Å²) in [7, 11) is 3.87. The van der Waals surface area contributed by atoms with Crippen LogP contribution in [0.2, 0.25) is 10.0 Å². The molecule has 0 saturated carbocycles. The molecule has 6 nitrogen and oxygen atoms in total. The summed E-state index contributed by atoms with van der Waals surface area (Å²) < 4.78 is 0. The van der Waals surface area contributed by atoms with Gasteiger partial charge < -0.3 is 10.2 Å². The van der Waals surface area contributed by atoms with E-state index in [1.165, 1.54) is 6.07 Å². The van der Waals surface area contributed by atoms with E-state index in [2.05, 4.69) is 15.8 Å². The number of hydrogen-bond donors (Lipinski definition) is 2. The van der Waals surface area contributed by atoms with Gasteiger partial charge in [-0.25, -0.2) is 5.43 Å². The average molecular weight is 469 g/mol. The van der Waals surface area contributed by atoms with Gasteiger partial charge in [-0.2, -0.15) is 5.10 Å². The summed E-state index contributed by atoms with van der Waals surface area (Å²) in [5.74, 6) is -0.629. The molecular weight excluding hydrogens is 447 g/mol. The van der Waals surface area contributed by atoms with Crippen molar-refractivity contribution in [2.24, 2.45) is 5.10 Å². The highest BCUT2D eigenvalue weighted by Crippen LogP contribution is 2.22. The number of carbonyl (C=O) groups excluding carboxylic acids is 2. The van der Waals surface area contributed by atoms with Crippen molar-refractivity contribution in [3.63, 3.8) is 0 Å². The summed E-state index contributed by atoms with van der Waals surface area (Å²) in [5, 5.41) is 7.71. The predicted octanol–water partition coefficient (Wildman–Crippen LogP) is 5.47. The second-order valence-electron chi connectivity index (χ2n) is 7.24. The number of halogens is 2. The van der Waals surface area contributed by atoms with Crippen LogP contribution in [0.3, 0.4) is 0 Å². The van der Waals surface area contributed by atoms with Crippen LogP contribution in [0.5, 0.6) is 0 Å². The number of nitrogens with one attached hydrogen (secondary N) is 2. The highest BCUT2D eigenvalue weighted by molar-refractivity contribution is 6.37. The van der Waals surface area contributed by atoms with Gasteiger partial charge in [-0.3, -0.25) is 9.59 Å². The third kappa shape index (κ3) is 5.87. The Morgan fingerprint density at radius 3 is 2.06 bits per heavy atom. The monoisotopic (exact) mass is 468 g/mol. The molecule has 0 fully saturated rings. The molecule has 0 aromatic heterocycles. The molecule has 2 amide bonds. The molecule has 3 aromatic rings. The number of amides is 2. The standard InChI is InChI=1S/C24H22Cl2N4O2/c1-15(28-29-23(31)17-6-11-20(12-7-17)30(2)3)16-4-9-19(10-5-16)27-24(32)21-13-8-18(25)14-22(21)26/h4-14H,1-3H3,(H,27,32)(H,29,31)/b28-15-. The Morgan fingerprint density at radius 1 is 0.844 bits per heavy atom. The number of nitrogens with zero attached hydrogens (tertiary/aromatic N) is 2. The fourth-order valence-corrected chi connectivity index (χ4v) is 3.34. The van der Waals surface area contributed by atoms with E-state index in [1.54, 1.807) is 55.5 Å². The zero-order valence-electron chi connectivity index (χ0n) is 17.8. The Bertz CT molecular complexity index is 1160. The lowest BCUT2D eigenvalue weighted by atomic mass is 10.1. The van der Waals surface area contributed by atoms with Gasteiger partial charge in [0.1, 0.15) is 0 Å². The van der Waals surface area contributed by atoms with Crippen molar-refractivity contribution < 1.29 is 9.59 Å². The van der Waals surface area contributed by atoms with Gasteiger partial charge in [0.15, 0.2) is 0 Å². The summed E-state index contributed by atoms with van der Waals surface area (Å²) in [6, 6.07) is 19.0. The molecule has 0 atom stereocenters. The molecule has 0 aliphatic rings. The fraction of sp³-hybridized carbons (Fsp3) is 0.125. The maximum Gasteiger partial charge on any atom is 0.271 e. The maximum absolute atomic E-state index is 12.4. The molecule has 0 heterocycles. The highest BCUT2D eigenvalue weighted by atomic mass is 35.5. The van der Waals surface area contributed by atoms with Crippen LogP contribution in [0, 0.1) is 0 Å². The summed E-state index contributed by atoms with van der Waals surface area (Å²) in [5.41, 5.74) is 6.45. The molecule has 3 rings (SSSR count). The zero-order valence-corrected chi connectivity index (χ0v) is 19.3. The van der Waals surface area contributed by atoms with Gasteiger partial charge in [0.2, 0.25) is 0 Å². The van der Waals surface area contributed by atoms with Gasteiger partial charge >= 0.3 is 0 Å². The van der Waals surface area contributed by atoms with E-state index in [4.69, 9.17) is 23.2 Å². The third-order valence-electron chi connectivity index (χ3n) is 4.71. The van der Waals surface area contributed by atoms with Gasteiger partial charge in [-0.15, -0.1) is 0 Å². The Hall–Kier alpha value is -3.35. The number of rotatable bonds is 6. The van der Waals surface area contributed by atoms with E-state index in [0.717, 1.165) is 11.3 Å². The Morgan fingerprint density at radius 2 is 1.47 bits per heavy atom. The van der Waals surface area contributed by atoms with E-state index >= 15 is 0 Å². The van der Waals surface area contributed by atoms with Crippen LogP contribution in [-0.4, -0.2) is 31.6 Å². The molecule has 0 saturated heterocycles. The lowest BCUT2D eigenvalue weighted by Gasteiger charge is -2.12. The highest BCUT2D eigenvalue weighted by Gasteiger charge is 2.11. The first-order valence-electron chi connectivity index (χ1n) is 9.73. The molecule has 32 heavy (non-hydrogen) atoms. The molecule has 0 bridgehead atoms. The van der Waals surface area contributed by atoms with Crippen molar-refractivity contribution in [3.05, 3.63) is 93.5 Å². The third-order valence-corrected chi connectivity index (χ3v) is 5.26. The van der Waals surface area contributed by atoms with Crippen molar-refractivity contribution in [2.75, 3.05) is 24.3 Å². The van der Waals surface area contributed by atoms with Crippen LogP contribution < -0.4 is 15.6 Å². The summed E-state index contributed by atoms with van der Waals surface area (Å²) in [4.78, 5) is 26.7. The summed E-state index contributed by atoms with van der Waals surface area (Å²) in [6.07, 6.45) is 0. The number of hydrogen-bond acceptors (Lipinski definition) is 4. The number of anilines is 2. The zero-order chi connectivity index (χ0) is 23.3. The van der Waals surface area contributed by atoms with Crippen LogP contribution in [0.1, 0.15) is 33.2 Å². The van der Waals surface area contributed by atoms with E-state index in [-0.39, 0.29) is 16.8 Å². The van der Waals surface area contributed by atoms with E-state index in [9.17, 15) is 9.59 Å². The van der Waals surface area contributed by atoms with Crippen molar-refractivity contribution in [1.82, 2.24) is 5.43 Å². The molecule has 2 N–H and O–H groups in total. The largest absolute Gasteiger partial charge is 0.378 e. The molecule has 0 aliphatic carbocycles. The molecule has 0 radical (unpaired) electrons. The minimum Gasteiger partial charge on any atom is -0.378 e. The number of hydrazone groups is 1. The Kier molecular flexibility index (Phi) is 7.51. The quantitative estimate of drug-likeness (QED) is 0.372. The second kappa shape index (κ2) is 10.3. The van der Waals surface area contributed by atoms with E-state index in [1.807, 2.05) is 31.1 Å². The van der Waals surface area contributed by atoms with Gasteiger partial charge in [0.05, 0.1) is 16.3 Å². The van der Waals surface area contributed by atoms with Crippen LogP contribution >= 0.6 is 23.2 Å². The smallest absolute Gasteiger partial charge is 0.271 e. The molecular formula is C24H22Cl2N4O2. The normalized spacial score (nSPS) is 11.1. The van der Waals surface area contributed by atoms with Crippen LogP contribution in [0.4, 0.5) is 11.4 Å². The van der Waals surface area contributed by atoms with Gasteiger partial charge in [-0.05, 0) is 67.1 Å². The molecule has 8 heteroatoms. The summed E-state index contributed by atoms with van der Waals surface area (Å²) >= 11 is 12.0. The van der Waals surface area contributed by atoms with Crippen LogP contribution in [-0.2, 0) is 0 Å². The first-order chi connectivity index (χ1) is 15.2. The van der Waals surface area contributed by atoms with E-state index < -0.39 is 0 Å². The first kappa shape index (κ1) is 23.3. The topological polar surface area (TPSA) is 73.8 Å². The van der Waals surface area contributed by atoms with Crippen molar-refractivity contribution >= 4 is 52.1 Å². The van der Waals surface area contributed by atoms with Crippen LogP contribution in [0.15, 0.2) is 71.8 Å². The fourth-order valence-electron chi connectivity index (χ4n) is 2.84. The lowest BCUT2D eigenvalue weighted by molar-refractivity contribution is 0.0954. The molecule has 164 valence electrons. The SMILES string of the molecule is C/C(=N/NC(=O)c1ccc(N(C)C)cc1)c1ccc(NC(=O)c2ccc(Cl)cc2Cl)cc1. The van der Waals surface area contributed by atoms with E-state index in [0.29, 0.717) is 27.5 Å². The first-order valence-corrected chi connectivity index (χ1v) is 10.5. The minimum absolute atomic E-state index is 0.279. The van der Waals surface area contributed by atoms with Gasteiger partial charge in [-0.1, -0.05) is 35.3 Å². The van der Waals surface area contributed by atoms with Gasteiger partial charge in [0, 0.05) is 36.1 Å². The van der Waals surface area contributed by atoms with Crippen LogP contribution in [0.25, 0.3) is 0 Å². The second-order valence-corrected chi connectivity index (χ2v) is 8.08. The molecule has 3 aromatic carbocycles. The lowest BCUT2D eigenvalue weighted by Crippen LogP contribution is -2.19. The molecule has 0 spiro atoms. The predicted molar refractivity (Wildman–Crippen MR) is 131 cm³/mol. The Balaban J connectivity index is 1.62. The van der Waals surface area contributed by atoms with Crippen molar-refractivity contribution in [1.29, 1.82) is 0 Å². The number of benzene rings is 3.